The molecule has 7 nitrogen and oxygen atoms in total. The molecule has 0 spiro atoms. The highest BCUT2D eigenvalue weighted by Gasteiger charge is 2.33. The van der Waals surface area contributed by atoms with Crippen molar-refractivity contribution in [3.8, 4) is 0 Å². The van der Waals surface area contributed by atoms with Gasteiger partial charge in [-0.2, -0.15) is 0 Å². The van der Waals surface area contributed by atoms with Crippen LogP contribution in [0.1, 0.15) is 29.8 Å². The first kappa shape index (κ1) is 15.6. The fourth-order valence-electron chi connectivity index (χ4n) is 3.71. The van der Waals surface area contributed by atoms with Crippen molar-refractivity contribution in [3.05, 3.63) is 30.1 Å². The quantitative estimate of drug-likeness (QED) is 0.864. The molecule has 2 fully saturated rings. The van der Waals surface area contributed by atoms with Gasteiger partial charge in [0.2, 0.25) is 15.0 Å². The molecule has 4 heterocycles. The number of amides is 1. The maximum Gasteiger partial charge on any atom is 0.274 e. The van der Waals surface area contributed by atoms with E-state index in [1.54, 1.807) is 29.3 Å². The van der Waals surface area contributed by atoms with Crippen LogP contribution >= 0.6 is 0 Å². The van der Waals surface area contributed by atoms with Crippen molar-refractivity contribution in [3.63, 3.8) is 0 Å². The highest BCUT2D eigenvalue weighted by molar-refractivity contribution is 7.90. The summed E-state index contributed by atoms with van der Waals surface area (Å²) in [5.41, 5.74) is 0.749. The van der Waals surface area contributed by atoms with Crippen molar-refractivity contribution in [2.45, 2.75) is 36.5 Å². The number of hydrogen-bond acceptors (Lipinski definition) is 5. The van der Waals surface area contributed by atoms with Crippen LogP contribution in [-0.4, -0.2) is 60.0 Å². The molecule has 2 aromatic heterocycles. The summed E-state index contributed by atoms with van der Waals surface area (Å²) in [5.74, 6) is -0.192. The summed E-state index contributed by atoms with van der Waals surface area (Å²) >= 11 is 0. The van der Waals surface area contributed by atoms with Gasteiger partial charge in [0.05, 0.1) is 5.52 Å². The monoisotopic (exact) mass is 348 g/mol. The van der Waals surface area contributed by atoms with Gasteiger partial charge in [-0.15, -0.1) is 0 Å². The van der Waals surface area contributed by atoms with Gasteiger partial charge >= 0.3 is 0 Å². The van der Waals surface area contributed by atoms with Crippen molar-refractivity contribution in [2.24, 2.45) is 0 Å². The molecule has 2 aliphatic heterocycles. The van der Waals surface area contributed by atoms with Gasteiger partial charge in [-0.3, -0.25) is 9.20 Å². The molecule has 0 radical (unpaired) electrons. The van der Waals surface area contributed by atoms with Crippen LogP contribution in [0.5, 0.6) is 0 Å². The van der Waals surface area contributed by atoms with Crippen LogP contribution in [0.15, 0.2) is 29.6 Å². The number of fused-ring (bicyclic) bond motifs is 3. The van der Waals surface area contributed by atoms with E-state index in [4.69, 9.17) is 0 Å². The molecule has 8 heteroatoms. The summed E-state index contributed by atoms with van der Waals surface area (Å²) in [6.07, 6.45) is 5.90. The van der Waals surface area contributed by atoms with Gasteiger partial charge in [0, 0.05) is 37.6 Å². The fraction of sp³-hybridized carbons (Fsp3) is 0.500. The molecule has 0 aliphatic carbocycles. The number of nitrogens with zero attached hydrogens (tertiary/aromatic N) is 3. The topological polar surface area (TPSA) is 83.8 Å². The number of nitrogens with one attached hydrogen (secondary N) is 1. The Morgan fingerprint density at radius 1 is 1.25 bits per heavy atom. The fourth-order valence-corrected chi connectivity index (χ4v) is 4.48. The van der Waals surface area contributed by atoms with Crippen molar-refractivity contribution in [1.29, 1.82) is 0 Å². The Morgan fingerprint density at radius 3 is 2.83 bits per heavy atom. The Labute approximate surface area is 140 Å². The minimum atomic E-state index is -3.52. The number of aromatic nitrogens is 2. The summed E-state index contributed by atoms with van der Waals surface area (Å²) in [5, 5.41) is 3.45. The van der Waals surface area contributed by atoms with E-state index in [1.165, 1.54) is 10.8 Å². The first-order valence-corrected chi connectivity index (χ1v) is 10.0. The van der Waals surface area contributed by atoms with E-state index in [0.29, 0.717) is 30.7 Å². The highest BCUT2D eigenvalue weighted by atomic mass is 32.2. The molecule has 24 heavy (non-hydrogen) atoms. The molecule has 2 bridgehead atoms. The molecule has 0 saturated carbocycles. The Balaban J connectivity index is 1.75. The molecule has 1 amide bonds. The number of carbonyl (C=O) groups excluding carboxylic acids is 1. The first-order chi connectivity index (χ1) is 11.4. The molecule has 2 saturated heterocycles. The summed E-state index contributed by atoms with van der Waals surface area (Å²) in [6.45, 7) is 1.32. The standard InChI is InChI=1S/C16H20N4O3S/c1-24(22,23)16-18-14(13-4-2-3-8-20(13)16)15(21)19-9-7-11-5-6-12(10-19)17-11/h2-4,8,11-12,17H,5-7,9-10H2,1H3. The van der Waals surface area contributed by atoms with Crippen LogP contribution in [0.4, 0.5) is 0 Å². The Bertz CT molecular complexity index is 905. The summed E-state index contributed by atoms with van der Waals surface area (Å²) in [7, 11) is -3.52. The van der Waals surface area contributed by atoms with Crippen molar-refractivity contribution in [2.75, 3.05) is 19.3 Å². The van der Waals surface area contributed by atoms with Crippen molar-refractivity contribution in [1.82, 2.24) is 19.6 Å². The second-order valence-corrected chi connectivity index (χ2v) is 8.56. The number of pyridine rings is 1. The second-order valence-electron chi connectivity index (χ2n) is 6.65. The zero-order chi connectivity index (χ0) is 16.9. The molecule has 0 aromatic carbocycles. The normalized spacial score (nSPS) is 24.3. The van der Waals surface area contributed by atoms with Gasteiger partial charge < -0.3 is 10.2 Å². The van der Waals surface area contributed by atoms with E-state index >= 15 is 0 Å². The summed E-state index contributed by atoms with van der Waals surface area (Å²) < 4.78 is 25.5. The van der Waals surface area contributed by atoms with E-state index in [0.717, 1.165) is 19.1 Å². The van der Waals surface area contributed by atoms with Gasteiger partial charge in [-0.05, 0) is 31.4 Å². The smallest absolute Gasteiger partial charge is 0.274 e. The molecule has 128 valence electrons. The lowest BCUT2D eigenvalue weighted by atomic mass is 10.1. The average molecular weight is 348 g/mol. The Morgan fingerprint density at radius 2 is 2.04 bits per heavy atom. The predicted molar refractivity (Wildman–Crippen MR) is 88.8 cm³/mol. The van der Waals surface area contributed by atoms with Crippen LogP contribution in [0, 0.1) is 0 Å². The SMILES string of the molecule is CS(=O)(=O)c1nc(C(=O)N2CCC3CCC(C2)N3)c2ccccn12. The molecule has 4 rings (SSSR count). The van der Waals surface area contributed by atoms with Gasteiger partial charge in [0.1, 0.15) is 0 Å². The highest BCUT2D eigenvalue weighted by Crippen LogP contribution is 2.23. The molecule has 2 unspecified atom stereocenters. The lowest BCUT2D eigenvalue weighted by Gasteiger charge is -2.23. The predicted octanol–water partition coefficient (Wildman–Crippen LogP) is 0.704. The number of imidazole rings is 1. The van der Waals surface area contributed by atoms with E-state index in [2.05, 4.69) is 10.3 Å². The zero-order valence-electron chi connectivity index (χ0n) is 13.5. The van der Waals surface area contributed by atoms with Crippen LogP contribution in [0.25, 0.3) is 5.52 Å². The Hall–Kier alpha value is -1.93. The van der Waals surface area contributed by atoms with E-state index in [1.807, 2.05) is 0 Å². The molecular formula is C16H20N4O3S. The van der Waals surface area contributed by atoms with Gasteiger partial charge in [-0.1, -0.05) is 6.07 Å². The van der Waals surface area contributed by atoms with Crippen LogP contribution in [0.3, 0.4) is 0 Å². The van der Waals surface area contributed by atoms with Crippen molar-refractivity contribution >= 4 is 21.3 Å². The lowest BCUT2D eigenvalue weighted by molar-refractivity contribution is 0.0744. The molecule has 2 aromatic rings. The maximum absolute atomic E-state index is 13.0. The minimum Gasteiger partial charge on any atom is -0.336 e. The third-order valence-corrected chi connectivity index (χ3v) is 5.81. The molecule has 1 N–H and O–H groups in total. The maximum atomic E-state index is 13.0. The number of likely N-dealkylation sites (tertiary alicyclic amines) is 1. The van der Waals surface area contributed by atoms with Crippen LogP contribution in [-0.2, 0) is 9.84 Å². The van der Waals surface area contributed by atoms with Crippen LogP contribution < -0.4 is 5.32 Å². The third-order valence-electron chi connectivity index (χ3n) is 4.86. The van der Waals surface area contributed by atoms with Crippen molar-refractivity contribution < 1.29 is 13.2 Å². The Kier molecular flexibility index (Phi) is 3.61. The molecular weight excluding hydrogens is 328 g/mol. The average Bonchev–Trinajstić information content (AvgIpc) is 3.07. The minimum absolute atomic E-state index is 0.0871. The number of carbonyl (C=O) groups is 1. The summed E-state index contributed by atoms with van der Waals surface area (Å²) in [4.78, 5) is 19.0. The van der Waals surface area contributed by atoms with Gasteiger partial charge in [-0.25, -0.2) is 13.4 Å². The zero-order valence-corrected chi connectivity index (χ0v) is 14.3. The van der Waals surface area contributed by atoms with Gasteiger partial charge in [0.15, 0.2) is 5.69 Å². The number of rotatable bonds is 2. The molecule has 2 aliphatic rings. The number of hydrogen-bond donors (Lipinski definition) is 1. The summed E-state index contributed by atoms with van der Waals surface area (Å²) in [6, 6.07) is 6.05. The lowest BCUT2D eigenvalue weighted by Crippen LogP contribution is -2.39. The second kappa shape index (κ2) is 5.56. The van der Waals surface area contributed by atoms with E-state index in [-0.39, 0.29) is 16.8 Å². The molecule has 2 atom stereocenters. The van der Waals surface area contributed by atoms with Crippen LogP contribution in [0.2, 0.25) is 0 Å². The van der Waals surface area contributed by atoms with E-state index < -0.39 is 9.84 Å². The number of sulfone groups is 1. The van der Waals surface area contributed by atoms with Gasteiger partial charge in [0.25, 0.3) is 5.91 Å². The largest absolute Gasteiger partial charge is 0.336 e. The first-order valence-electron chi connectivity index (χ1n) is 8.16. The third kappa shape index (κ3) is 2.59. The van der Waals surface area contributed by atoms with E-state index in [9.17, 15) is 13.2 Å².